The Morgan fingerprint density at radius 3 is 2.52 bits per heavy atom. The monoisotopic (exact) mass is 295 g/mol. The van der Waals surface area contributed by atoms with Gasteiger partial charge in [0.1, 0.15) is 0 Å². The lowest BCUT2D eigenvalue weighted by atomic mass is 10.1. The van der Waals surface area contributed by atoms with E-state index in [1.807, 2.05) is 18.2 Å². The van der Waals surface area contributed by atoms with Crippen LogP contribution >= 0.6 is 0 Å². The topological polar surface area (TPSA) is 67.8 Å². The number of carbonyl (C=O) groups is 1. The van der Waals surface area contributed by atoms with Gasteiger partial charge in [0, 0.05) is 12.5 Å². The van der Waals surface area contributed by atoms with E-state index in [2.05, 4.69) is 12.2 Å². The van der Waals surface area contributed by atoms with Crippen LogP contribution in [0.3, 0.4) is 0 Å². The Morgan fingerprint density at radius 2 is 1.90 bits per heavy atom. The molecule has 0 aliphatic rings. The molecule has 1 unspecified atom stereocenters. The maximum atomic E-state index is 10.4. The summed E-state index contributed by atoms with van der Waals surface area (Å²) in [5, 5.41) is 12.0. The van der Waals surface area contributed by atoms with E-state index in [0.717, 1.165) is 42.9 Å². The average Bonchev–Trinajstić information content (AvgIpc) is 2.49. The number of hydrogen-bond acceptors (Lipinski definition) is 4. The number of benzene rings is 1. The van der Waals surface area contributed by atoms with Crippen molar-refractivity contribution < 1.29 is 19.4 Å². The van der Waals surface area contributed by atoms with Gasteiger partial charge in [-0.2, -0.15) is 0 Å². The molecule has 1 rings (SSSR count). The average molecular weight is 295 g/mol. The molecule has 0 radical (unpaired) electrons. The summed E-state index contributed by atoms with van der Waals surface area (Å²) in [4.78, 5) is 10.4. The fraction of sp³-hybridized carbons (Fsp3) is 0.562. The molecule has 1 aromatic rings. The zero-order valence-electron chi connectivity index (χ0n) is 13.0. The molecule has 1 atom stereocenters. The normalized spacial score (nSPS) is 12.0. The lowest BCUT2D eigenvalue weighted by Crippen LogP contribution is -2.19. The van der Waals surface area contributed by atoms with Crippen LogP contribution in [0.25, 0.3) is 0 Å². The van der Waals surface area contributed by atoms with E-state index < -0.39 is 5.97 Å². The molecule has 0 aromatic heterocycles. The molecule has 0 aliphatic carbocycles. The molecular weight excluding hydrogens is 270 g/mol. The molecule has 0 amide bonds. The summed E-state index contributed by atoms with van der Waals surface area (Å²) in [7, 11) is 3.25. The molecule has 5 heteroatoms. The second kappa shape index (κ2) is 9.23. The van der Waals surface area contributed by atoms with Crippen molar-refractivity contribution in [3.8, 4) is 11.5 Å². The fourth-order valence-electron chi connectivity index (χ4n) is 2.14. The van der Waals surface area contributed by atoms with Crippen LogP contribution in [-0.4, -0.2) is 31.8 Å². The maximum absolute atomic E-state index is 10.4. The first-order valence-corrected chi connectivity index (χ1v) is 7.25. The van der Waals surface area contributed by atoms with Gasteiger partial charge < -0.3 is 19.9 Å². The van der Waals surface area contributed by atoms with Gasteiger partial charge in [0.15, 0.2) is 11.5 Å². The van der Waals surface area contributed by atoms with Gasteiger partial charge in [-0.15, -0.1) is 0 Å². The molecule has 0 fully saturated rings. The molecule has 5 nitrogen and oxygen atoms in total. The zero-order chi connectivity index (χ0) is 15.7. The van der Waals surface area contributed by atoms with E-state index in [4.69, 9.17) is 14.6 Å². The molecule has 2 N–H and O–H groups in total. The van der Waals surface area contributed by atoms with Gasteiger partial charge in [0.2, 0.25) is 0 Å². The molecule has 0 saturated heterocycles. The standard InChI is InChI=1S/C16H25NO4/c1-12(17-10-6-4-5-7-16(18)19)13-8-9-14(20-2)15(11-13)21-3/h8-9,11-12,17H,4-7,10H2,1-3H3,(H,18,19). The first-order valence-electron chi connectivity index (χ1n) is 7.25. The highest BCUT2D eigenvalue weighted by molar-refractivity contribution is 5.66. The second-order valence-corrected chi connectivity index (χ2v) is 4.99. The predicted octanol–water partition coefficient (Wildman–Crippen LogP) is 3.00. The molecule has 0 bridgehead atoms. The maximum Gasteiger partial charge on any atom is 0.303 e. The summed E-state index contributed by atoms with van der Waals surface area (Å²) in [5.74, 6) is 0.730. The third-order valence-electron chi connectivity index (χ3n) is 3.43. The number of ether oxygens (including phenoxy) is 2. The quantitative estimate of drug-likeness (QED) is 0.649. The summed E-state index contributed by atoms with van der Waals surface area (Å²) < 4.78 is 10.5. The predicted molar refractivity (Wildman–Crippen MR) is 82.1 cm³/mol. The Bertz CT molecular complexity index is 448. The number of hydrogen-bond donors (Lipinski definition) is 2. The van der Waals surface area contributed by atoms with E-state index in [-0.39, 0.29) is 12.5 Å². The van der Waals surface area contributed by atoms with Crippen LogP contribution in [0, 0.1) is 0 Å². The minimum absolute atomic E-state index is 0.212. The van der Waals surface area contributed by atoms with Gasteiger partial charge in [0.25, 0.3) is 0 Å². The van der Waals surface area contributed by atoms with Crippen molar-refractivity contribution in [1.29, 1.82) is 0 Å². The molecule has 0 heterocycles. The fourth-order valence-corrected chi connectivity index (χ4v) is 2.14. The SMILES string of the molecule is COc1ccc(C(C)NCCCCCC(=O)O)cc1OC. The second-order valence-electron chi connectivity index (χ2n) is 4.99. The Morgan fingerprint density at radius 1 is 1.19 bits per heavy atom. The number of carboxylic acid groups (broad SMARTS) is 1. The smallest absolute Gasteiger partial charge is 0.303 e. The molecule has 118 valence electrons. The first-order chi connectivity index (χ1) is 10.1. The molecule has 0 spiro atoms. The molecule has 0 aliphatic heterocycles. The van der Waals surface area contributed by atoms with Crippen LogP contribution in [0.15, 0.2) is 18.2 Å². The van der Waals surface area contributed by atoms with Crippen molar-refractivity contribution in [2.24, 2.45) is 0 Å². The summed E-state index contributed by atoms with van der Waals surface area (Å²) >= 11 is 0. The zero-order valence-corrected chi connectivity index (χ0v) is 13.0. The highest BCUT2D eigenvalue weighted by Gasteiger charge is 2.09. The number of methoxy groups -OCH3 is 2. The minimum atomic E-state index is -0.721. The van der Waals surface area contributed by atoms with E-state index >= 15 is 0 Å². The van der Waals surface area contributed by atoms with Crippen molar-refractivity contribution in [3.63, 3.8) is 0 Å². The Hall–Kier alpha value is -1.75. The summed E-state index contributed by atoms with van der Waals surface area (Å²) in [6.07, 6.45) is 2.90. The Kier molecular flexibility index (Phi) is 7.61. The number of aliphatic carboxylic acids is 1. The van der Waals surface area contributed by atoms with Gasteiger partial charge >= 0.3 is 5.97 Å². The molecule has 0 saturated carbocycles. The number of nitrogens with one attached hydrogen (secondary N) is 1. The van der Waals surface area contributed by atoms with Gasteiger partial charge in [-0.1, -0.05) is 12.5 Å². The van der Waals surface area contributed by atoms with Gasteiger partial charge in [-0.25, -0.2) is 0 Å². The number of carboxylic acids is 1. The van der Waals surface area contributed by atoms with Crippen LogP contribution in [0.1, 0.15) is 44.2 Å². The van der Waals surface area contributed by atoms with Crippen molar-refractivity contribution in [2.75, 3.05) is 20.8 Å². The van der Waals surface area contributed by atoms with E-state index in [1.54, 1.807) is 14.2 Å². The molecule has 21 heavy (non-hydrogen) atoms. The summed E-state index contributed by atoms with van der Waals surface area (Å²) in [6.45, 7) is 2.97. The van der Waals surface area contributed by atoms with Crippen molar-refractivity contribution in [2.45, 2.75) is 38.6 Å². The summed E-state index contributed by atoms with van der Waals surface area (Å²) in [6, 6.07) is 6.10. The van der Waals surface area contributed by atoms with Crippen molar-refractivity contribution >= 4 is 5.97 Å². The number of rotatable bonds is 10. The van der Waals surface area contributed by atoms with Gasteiger partial charge in [0.05, 0.1) is 14.2 Å². The molecule has 1 aromatic carbocycles. The molecular formula is C16H25NO4. The Labute approximate surface area is 126 Å². The van der Waals surface area contributed by atoms with Gasteiger partial charge in [-0.3, -0.25) is 4.79 Å². The van der Waals surface area contributed by atoms with Crippen LogP contribution < -0.4 is 14.8 Å². The van der Waals surface area contributed by atoms with E-state index in [9.17, 15) is 4.79 Å². The van der Waals surface area contributed by atoms with E-state index in [1.165, 1.54) is 0 Å². The largest absolute Gasteiger partial charge is 0.493 e. The Balaban J connectivity index is 2.38. The van der Waals surface area contributed by atoms with Crippen molar-refractivity contribution in [1.82, 2.24) is 5.32 Å². The third kappa shape index (κ3) is 6.04. The summed E-state index contributed by atoms with van der Waals surface area (Å²) in [5.41, 5.74) is 1.14. The highest BCUT2D eigenvalue weighted by Crippen LogP contribution is 2.29. The highest BCUT2D eigenvalue weighted by atomic mass is 16.5. The van der Waals surface area contributed by atoms with Crippen molar-refractivity contribution in [3.05, 3.63) is 23.8 Å². The lowest BCUT2D eigenvalue weighted by molar-refractivity contribution is -0.137. The van der Waals surface area contributed by atoms with Crippen LogP contribution in [0.2, 0.25) is 0 Å². The van der Waals surface area contributed by atoms with Crippen LogP contribution in [-0.2, 0) is 4.79 Å². The van der Waals surface area contributed by atoms with E-state index in [0.29, 0.717) is 0 Å². The van der Waals surface area contributed by atoms with Gasteiger partial charge in [-0.05, 0) is 44.0 Å². The first kappa shape index (κ1) is 17.3. The third-order valence-corrected chi connectivity index (χ3v) is 3.43. The lowest BCUT2D eigenvalue weighted by Gasteiger charge is -2.16. The minimum Gasteiger partial charge on any atom is -0.493 e. The van der Waals surface area contributed by atoms with Crippen LogP contribution in [0.4, 0.5) is 0 Å². The number of unbranched alkanes of at least 4 members (excludes halogenated alkanes) is 2. The van der Waals surface area contributed by atoms with Crippen LogP contribution in [0.5, 0.6) is 11.5 Å².